The largest absolute Gasteiger partial charge is 0.335 e. The maximum atomic E-state index is 13.3. The van der Waals surface area contributed by atoms with Crippen molar-refractivity contribution in [1.29, 1.82) is 0 Å². The zero-order valence-corrected chi connectivity index (χ0v) is 20.5. The van der Waals surface area contributed by atoms with Gasteiger partial charge in [-0.15, -0.1) is 0 Å². The third kappa shape index (κ3) is 5.04. The van der Waals surface area contributed by atoms with Gasteiger partial charge in [0.1, 0.15) is 5.82 Å². The monoisotopic (exact) mass is 485 g/mol. The second kappa shape index (κ2) is 10.1. The summed E-state index contributed by atoms with van der Waals surface area (Å²) in [6.07, 6.45) is 3.65. The summed E-state index contributed by atoms with van der Waals surface area (Å²) in [5.74, 6) is -0.700. The molecule has 1 amide bonds. The number of benzene rings is 2. The Bertz CT molecular complexity index is 1240. The first-order valence-corrected chi connectivity index (χ1v) is 12.6. The van der Waals surface area contributed by atoms with Crippen molar-refractivity contribution >= 4 is 25.3 Å². The normalized spacial score (nSPS) is 12.3. The van der Waals surface area contributed by atoms with Crippen molar-refractivity contribution in [2.24, 2.45) is 7.05 Å². The van der Waals surface area contributed by atoms with Crippen molar-refractivity contribution in [3.8, 4) is 11.3 Å². The van der Waals surface area contributed by atoms with Crippen molar-refractivity contribution < 1.29 is 23.5 Å². The molecule has 0 bridgehead atoms. The second-order valence-electron chi connectivity index (χ2n) is 8.16. The highest BCUT2D eigenvalue weighted by molar-refractivity contribution is 7.53. The van der Waals surface area contributed by atoms with Gasteiger partial charge in [0.25, 0.3) is 0 Å². The molecule has 0 radical (unpaired) electrons. The van der Waals surface area contributed by atoms with E-state index < -0.39 is 12.8 Å². The average molecular weight is 485 g/mol. The molecule has 3 aromatic rings. The smallest absolute Gasteiger partial charge is 0.324 e. The van der Waals surface area contributed by atoms with E-state index >= 15 is 0 Å². The Morgan fingerprint density at radius 3 is 2.24 bits per heavy atom. The lowest BCUT2D eigenvalue weighted by atomic mass is 9.92. The summed E-state index contributed by atoms with van der Waals surface area (Å²) in [4.78, 5) is 32.4. The number of carbonyl (C=O) groups excluding carboxylic acids is 1. The Kier molecular flexibility index (Phi) is 7.56. The van der Waals surface area contributed by atoms with E-state index in [1.807, 2.05) is 6.92 Å². The number of nitrogens with zero attached hydrogens (tertiary/aromatic N) is 2. The van der Waals surface area contributed by atoms with Crippen molar-refractivity contribution in [3.05, 3.63) is 77.2 Å². The summed E-state index contributed by atoms with van der Waals surface area (Å²) in [6, 6.07) is 12.6. The summed E-state index contributed by atoms with van der Waals surface area (Å²) < 4.78 is 27.2. The Morgan fingerprint density at radius 1 is 1.12 bits per heavy atom. The Balaban J connectivity index is 1.80. The van der Waals surface area contributed by atoms with Crippen LogP contribution >= 0.6 is 7.60 Å². The second-order valence-corrected chi connectivity index (χ2v) is 10.1. The van der Waals surface area contributed by atoms with Crippen molar-refractivity contribution in [3.63, 3.8) is 0 Å². The van der Waals surface area contributed by atoms with E-state index in [2.05, 4.69) is 10.4 Å². The number of amides is 1. The number of aromatic nitrogens is 2. The van der Waals surface area contributed by atoms with E-state index in [0.29, 0.717) is 24.1 Å². The molecule has 3 N–H and O–H groups in total. The van der Waals surface area contributed by atoms with E-state index in [0.717, 1.165) is 22.5 Å². The first-order chi connectivity index (χ1) is 16.0. The summed E-state index contributed by atoms with van der Waals surface area (Å²) in [6.45, 7) is 5.34. The van der Waals surface area contributed by atoms with Gasteiger partial charge in [0.2, 0.25) is 5.91 Å². The van der Waals surface area contributed by atoms with E-state index in [-0.39, 0.29) is 11.7 Å². The number of halogens is 1. The molecule has 34 heavy (non-hydrogen) atoms. The molecule has 1 heterocycles. The maximum absolute atomic E-state index is 13.3. The molecule has 0 fully saturated rings. The molecule has 0 spiro atoms. The SMILES string of the molecule is CCC(CC)(c1ccc(NC(=O)/C=C/c2c(C)nn(C)c2-c2ccc(F)cc2)cc1)P(=O)(O)O. The first kappa shape index (κ1) is 25.6. The van der Waals surface area contributed by atoms with Gasteiger partial charge in [-0.05, 0) is 67.8 Å². The average Bonchev–Trinajstić information content (AvgIpc) is 3.07. The summed E-state index contributed by atoms with van der Waals surface area (Å²) in [7, 11) is -2.59. The minimum Gasteiger partial charge on any atom is -0.324 e. The molecule has 1 aromatic heterocycles. The molecule has 0 saturated carbocycles. The fourth-order valence-electron chi connectivity index (χ4n) is 4.27. The standard InChI is InChI=1S/C25H29FN3O4P/c1-5-25(6-2,34(31,32)33)19-9-13-21(14-10-19)27-23(30)16-15-22-17(3)28-29(4)24(22)18-7-11-20(26)12-8-18/h7-16H,5-6H2,1-4H3,(H,27,30)(H2,31,32,33)/b16-15+. The topological polar surface area (TPSA) is 104 Å². The van der Waals surface area contributed by atoms with Crippen LogP contribution in [0.5, 0.6) is 0 Å². The van der Waals surface area contributed by atoms with E-state index in [4.69, 9.17) is 0 Å². The highest BCUT2D eigenvalue weighted by Crippen LogP contribution is 2.60. The minimum absolute atomic E-state index is 0.295. The molecule has 9 heteroatoms. The molecule has 180 valence electrons. The number of anilines is 1. The first-order valence-electron chi connectivity index (χ1n) is 11.0. The van der Waals surface area contributed by atoms with Crippen LogP contribution < -0.4 is 5.32 Å². The van der Waals surface area contributed by atoms with Gasteiger partial charge in [-0.2, -0.15) is 5.10 Å². The van der Waals surface area contributed by atoms with Crippen LogP contribution in [0.15, 0.2) is 54.6 Å². The van der Waals surface area contributed by atoms with Gasteiger partial charge in [-0.1, -0.05) is 26.0 Å². The van der Waals surface area contributed by atoms with Crippen molar-refractivity contribution in [1.82, 2.24) is 9.78 Å². The van der Waals surface area contributed by atoms with Gasteiger partial charge in [0, 0.05) is 29.9 Å². The fraction of sp³-hybridized carbons (Fsp3) is 0.280. The maximum Gasteiger partial charge on any atom is 0.335 e. The van der Waals surface area contributed by atoms with Crippen LogP contribution in [0.25, 0.3) is 17.3 Å². The van der Waals surface area contributed by atoms with Crippen LogP contribution in [0.3, 0.4) is 0 Å². The zero-order chi connectivity index (χ0) is 25.1. The Hall–Kier alpha value is -3.06. The van der Waals surface area contributed by atoms with Gasteiger partial charge in [-0.25, -0.2) is 4.39 Å². The molecule has 7 nitrogen and oxygen atoms in total. The quantitative estimate of drug-likeness (QED) is 0.294. The van der Waals surface area contributed by atoms with Crippen molar-refractivity contribution in [2.45, 2.75) is 38.8 Å². The molecule has 3 rings (SSSR count). The molecular weight excluding hydrogens is 456 g/mol. The molecule has 0 unspecified atom stereocenters. The number of nitrogens with one attached hydrogen (secondary N) is 1. The third-order valence-corrected chi connectivity index (χ3v) is 8.21. The van der Waals surface area contributed by atoms with E-state index in [1.165, 1.54) is 18.2 Å². The number of hydrogen-bond donors (Lipinski definition) is 3. The molecule has 0 aliphatic carbocycles. The van der Waals surface area contributed by atoms with Crippen LogP contribution in [0.2, 0.25) is 0 Å². The number of aryl methyl sites for hydroxylation is 2. The van der Waals surface area contributed by atoms with Gasteiger partial charge < -0.3 is 15.1 Å². The molecule has 0 aliphatic heterocycles. The number of rotatable bonds is 8. The van der Waals surface area contributed by atoms with E-state index in [1.54, 1.807) is 68.1 Å². The summed E-state index contributed by atoms with van der Waals surface area (Å²) in [5, 5.41) is 5.93. The highest BCUT2D eigenvalue weighted by atomic mass is 31.2. The van der Waals surface area contributed by atoms with Gasteiger partial charge in [-0.3, -0.25) is 14.0 Å². The predicted octanol–water partition coefficient (Wildman–Crippen LogP) is 5.38. The Labute approximate surface area is 198 Å². The Morgan fingerprint density at radius 2 is 1.71 bits per heavy atom. The summed E-state index contributed by atoms with van der Waals surface area (Å²) >= 11 is 0. The molecule has 0 saturated heterocycles. The van der Waals surface area contributed by atoms with Gasteiger partial charge >= 0.3 is 7.60 Å². The minimum atomic E-state index is -4.38. The van der Waals surface area contributed by atoms with Crippen molar-refractivity contribution in [2.75, 3.05) is 5.32 Å². The van der Waals surface area contributed by atoms with Crippen LogP contribution in [-0.4, -0.2) is 25.5 Å². The zero-order valence-electron chi connectivity index (χ0n) is 19.6. The van der Waals surface area contributed by atoms with Crippen LogP contribution in [0, 0.1) is 12.7 Å². The number of hydrogen-bond acceptors (Lipinski definition) is 3. The molecule has 0 aliphatic rings. The van der Waals surface area contributed by atoms with E-state index in [9.17, 15) is 23.5 Å². The molecule has 0 atom stereocenters. The third-order valence-electron chi connectivity index (χ3n) is 6.20. The lowest BCUT2D eigenvalue weighted by molar-refractivity contribution is -0.111. The van der Waals surface area contributed by atoms with Crippen LogP contribution in [-0.2, 0) is 21.6 Å². The lowest BCUT2D eigenvalue weighted by Crippen LogP contribution is -2.24. The highest BCUT2D eigenvalue weighted by Gasteiger charge is 2.45. The summed E-state index contributed by atoms with van der Waals surface area (Å²) in [5.41, 5.74) is 4.06. The predicted molar refractivity (Wildman–Crippen MR) is 132 cm³/mol. The molecular formula is C25H29FN3O4P. The lowest BCUT2D eigenvalue weighted by Gasteiger charge is -2.33. The fourth-order valence-corrected chi connectivity index (χ4v) is 5.58. The molecule has 2 aromatic carbocycles. The number of carbonyl (C=O) groups is 1. The van der Waals surface area contributed by atoms with Gasteiger partial charge in [0.05, 0.1) is 16.5 Å². The van der Waals surface area contributed by atoms with Crippen LogP contribution in [0.4, 0.5) is 10.1 Å². The van der Waals surface area contributed by atoms with Crippen LogP contribution in [0.1, 0.15) is 43.5 Å². The van der Waals surface area contributed by atoms with Gasteiger partial charge in [0.15, 0.2) is 0 Å².